The lowest BCUT2D eigenvalue weighted by atomic mass is 10.1. The third-order valence-electron chi connectivity index (χ3n) is 3.87. The Hall–Kier alpha value is -2.39. The topological polar surface area (TPSA) is 91.5 Å². The van der Waals surface area contributed by atoms with Crippen LogP contribution in [-0.2, 0) is 25.5 Å². The molecule has 2 aromatic rings. The molecule has 2 heterocycles. The molecule has 1 aliphatic rings. The summed E-state index contributed by atoms with van der Waals surface area (Å²) >= 11 is 6.37. The molecule has 0 spiro atoms. The van der Waals surface area contributed by atoms with Gasteiger partial charge < -0.3 is 15.0 Å². The van der Waals surface area contributed by atoms with Gasteiger partial charge in [0, 0.05) is 30.2 Å². The quantitative estimate of drug-likeness (QED) is 0.545. The SMILES string of the molecule is O=C(COC(=O)Cc1c[nH]c2ccccc12)NCCN1C(=O)CSC1=S. The summed E-state index contributed by atoms with van der Waals surface area (Å²) in [6.45, 7) is 0.222. The van der Waals surface area contributed by atoms with Gasteiger partial charge in [-0.05, 0) is 11.6 Å². The fraction of sp³-hybridized carbons (Fsp3) is 0.294. The van der Waals surface area contributed by atoms with Crippen molar-refractivity contribution in [1.82, 2.24) is 15.2 Å². The van der Waals surface area contributed by atoms with Crippen LogP contribution in [0.3, 0.4) is 0 Å². The highest BCUT2D eigenvalue weighted by atomic mass is 32.2. The molecule has 1 aromatic heterocycles. The number of carbonyl (C=O) groups excluding carboxylic acids is 3. The molecule has 0 aliphatic carbocycles. The van der Waals surface area contributed by atoms with E-state index in [9.17, 15) is 14.4 Å². The highest BCUT2D eigenvalue weighted by Gasteiger charge is 2.25. The van der Waals surface area contributed by atoms with Crippen LogP contribution in [0.5, 0.6) is 0 Å². The van der Waals surface area contributed by atoms with Crippen molar-refractivity contribution in [3.8, 4) is 0 Å². The second-order valence-corrected chi connectivity index (χ2v) is 7.26. The predicted octanol–water partition coefficient (Wildman–Crippen LogP) is 1.23. The molecule has 7 nitrogen and oxygen atoms in total. The molecule has 0 atom stereocenters. The van der Waals surface area contributed by atoms with Gasteiger partial charge in [-0.2, -0.15) is 0 Å². The first-order chi connectivity index (χ1) is 12.5. The van der Waals surface area contributed by atoms with Crippen LogP contribution in [0.15, 0.2) is 30.5 Å². The molecule has 3 rings (SSSR count). The number of nitrogens with one attached hydrogen (secondary N) is 2. The Morgan fingerprint density at radius 3 is 2.92 bits per heavy atom. The summed E-state index contributed by atoms with van der Waals surface area (Å²) in [6, 6.07) is 7.65. The van der Waals surface area contributed by atoms with Crippen molar-refractivity contribution in [2.45, 2.75) is 6.42 Å². The number of hydrogen-bond acceptors (Lipinski definition) is 6. The van der Waals surface area contributed by atoms with Gasteiger partial charge in [0.05, 0.1) is 12.2 Å². The Kier molecular flexibility index (Phi) is 5.89. The Morgan fingerprint density at radius 2 is 2.15 bits per heavy atom. The van der Waals surface area contributed by atoms with Crippen LogP contribution in [0.4, 0.5) is 0 Å². The number of esters is 1. The van der Waals surface area contributed by atoms with Crippen LogP contribution in [0.1, 0.15) is 5.56 Å². The standard InChI is InChI=1S/C17H17N3O4S2/c21-14(18-5-6-20-15(22)10-26-17(20)25)9-24-16(23)7-11-8-19-13-4-2-1-3-12(11)13/h1-4,8,19H,5-7,9-10H2,(H,18,21). The Balaban J connectivity index is 1.39. The van der Waals surface area contributed by atoms with E-state index in [4.69, 9.17) is 17.0 Å². The van der Waals surface area contributed by atoms with Crippen molar-refractivity contribution in [2.24, 2.45) is 0 Å². The molecule has 1 aliphatic heterocycles. The van der Waals surface area contributed by atoms with E-state index in [1.54, 1.807) is 6.20 Å². The molecule has 1 fully saturated rings. The largest absolute Gasteiger partial charge is 0.455 e. The first-order valence-corrected chi connectivity index (χ1v) is 9.38. The van der Waals surface area contributed by atoms with E-state index in [2.05, 4.69) is 10.3 Å². The highest BCUT2D eigenvalue weighted by molar-refractivity contribution is 8.23. The van der Waals surface area contributed by atoms with E-state index < -0.39 is 11.9 Å². The molecule has 0 bridgehead atoms. The summed E-state index contributed by atoms with van der Waals surface area (Å²) in [6.07, 6.45) is 1.85. The second-order valence-electron chi connectivity index (χ2n) is 5.65. The van der Waals surface area contributed by atoms with Gasteiger partial charge in [-0.1, -0.05) is 42.2 Å². The maximum Gasteiger partial charge on any atom is 0.310 e. The second kappa shape index (κ2) is 8.33. The first kappa shape index (κ1) is 18.4. The summed E-state index contributed by atoms with van der Waals surface area (Å²) in [5.74, 6) is -0.600. The number of para-hydroxylation sites is 1. The smallest absolute Gasteiger partial charge is 0.310 e. The van der Waals surface area contributed by atoms with E-state index in [1.807, 2.05) is 24.3 Å². The van der Waals surface area contributed by atoms with Crippen molar-refractivity contribution < 1.29 is 19.1 Å². The van der Waals surface area contributed by atoms with Crippen LogP contribution in [0, 0.1) is 0 Å². The first-order valence-electron chi connectivity index (χ1n) is 7.99. The summed E-state index contributed by atoms with van der Waals surface area (Å²) in [7, 11) is 0. The molecule has 1 saturated heterocycles. The van der Waals surface area contributed by atoms with E-state index >= 15 is 0 Å². The molecule has 0 unspecified atom stereocenters. The molecule has 2 N–H and O–H groups in total. The molecule has 1 aromatic carbocycles. The average molecular weight is 391 g/mol. The summed E-state index contributed by atoms with van der Waals surface area (Å²) in [5, 5.41) is 3.57. The summed E-state index contributed by atoms with van der Waals surface area (Å²) in [4.78, 5) is 39.8. The van der Waals surface area contributed by atoms with Gasteiger partial charge in [-0.3, -0.25) is 19.3 Å². The van der Waals surface area contributed by atoms with Crippen molar-refractivity contribution in [3.05, 3.63) is 36.0 Å². The number of benzene rings is 1. The molecule has 9 heteroatoms. The van der Waals surface area contributed by atoms with Gasteiger partial charge in [0.15, 0.2) is 6.61 Å². The number of aromatic nitrogens is 1. The van der Waals surface area contributed by atoms with Crippen LogP contribution < -0.4 is 5.32 Å². The van der Waals surface area contributed by atoms with E-state index in [-0.39, 0.29) is 25.5 Å². The number of rotatable bonds is 7. The number of carbonyl (C=O) groups is 3. The number of H-pyrrole nitrogens is 1. The maximum atomic E-state index is 11.9. The lowest BCUT2D eigenvalue weighted by Crippen LogP contribution is -2.38. The number of aromatic amines is 1. The van der Waals surface area contributed by atoms with Crippen LogP contribution in [-0.4, -0.2) is 57.4 Å². The number of fused-ring (bicyclic) bond motifs is 1. The fourth-order valence-corrected chi connectivity index (χ4v) is 3.71. The van der Waals surface area contributed by atoms with Gasteiger partial charge in [-0.25, -0.2) is 0 Å². The number of ether oxygens (including phenoxy) is 1. The van der Waals surface area contributed by atoms with Gasteiger partial charge in [0.25, 0.3) is 5.91 Å². The molecule has 26 heavy (non-hydrogen) atoms. The van der Waals surface area contributed by atoms with Crippen molar-refractivity contribution >= 4 is 57.0 Å². The maximum absolute atomic E-state index is 11.9. The van der Waals surface area contributed by atoms with Gasteiger partial charge in [0.1, 0.15) is 4.32 Å². The van der Waals surface area contributed by atoms with Crippen LogP contribution in [0.2, 0.25) is 0 Å². The van der Waals surface area contributed by atoms with Crippen LogP contribution >= 0.6 is 24.0 Å². The van der Waals surface area contributed by atoms with E-state index in [0.29, 0.717) is 16.6 Å². The van der Waals surface area contributed by atoms with Crippen LogP contribution in [0.25, 0.3) is 10.9 Å². The zero-order valence-electron chi connectivity index (χ0n) is 13.8. The molecule has 0 saturated carbocycles. The van der Waals surface area contributed by atoms with Gasteiger partial charge in [0.2, 0.25) is 5.91 Å². The lowest BCUT2D eigenvalue weighted by molar-refractivity contribution is -0.147. The number of thiocarbonyl (C=S) groups is 1. The minimum absolute atomic E-state index is 0.0561. The number of nitrogens with zero attached hydrogens (tertiary/aromatic N) is 1. The zero-order chi connectivity index (χ0) is 18.5. The Morgan fingerprint density at radius 1 is 1.35 bits per heavy atom. The summed E-state index contributed by atoms with van der Waals surface area (Å²) in [5.41, 5.74) is 1.77. The predicted molar refractivity (Wildman–Crippen MR) is 103 cm³/mol. The number of hydrogen-bond donors (Lipinski definition) is 2. The minimum atomic E-state index is -0.475. The van der Waals surface area contributed by atoms with Crippen molar-refractivity contribution in [3.63, 3.8) is 0 Å². The Bertz CT molecular complexity index is 849. The third-order valence-corrected chi connectivity index (χ3v) is 5.30. The minimum Gasteiger partial charge on any atom is -0.455 e. The zero-order valence-corrected chi connectivity index (χ0v) is 15.5. The molecule has 2 amide bonds. The number of thioether (sulfide) groups is 1. The number of amides is 2. The van der Waals surface area contributed by atoms with Crippen molar-refractivity contribution in [2.75, 3.05) is 25.4 Å². The molecule has 0 radical (unpaired) electrons. The van der Waals surface area contributed by atoms with E-state index in [1.165, 1.54) is 16.7 Å². The molecular weight excluding hydrogens is 374 g/mol. The van der Waals surface area contributed by atoms with E-state index in [0.717, 1.165) is 16.5 Å². The fourth-order valence-electron chi connectivity index (χ4n) is 2.59. The average Bonchev–Trinajstić information content (AvgIpc) is 3.18. The van der Waals surface area contributed by atoms with Gasteiger partial charge in [-0.15, -0.1) is 0 Å². The molecule has 136 valence electrons. The normalized spacial score (nSPS) is 14.1. The van der Waals surface area contributed by atoms with Crippen molar-refractivity contribution in [1.29, 1.82) is 0 Å². The molecular formula is C17H17N3O4S2. The Labute approximate surface area is 159 Å². The van der Waals surface area contributed by atoms with Gasteiger partial charge >= 0.3 is 5.97 Å². The monoisotopic (exact) mass is 391 g/mol. The lowest BCUT2D eigenvalue weighted by Gasteiger charge is -2.15. The third kappa shape index (κ3) is 4.41. The summed E-state index contributed by atoms with van der Waals surface area (Å²) < 4.78 is 5.54. The highest BCUT2D eigenvalue weighted by Crippen LogP contribution is 2.19.